The third-order valence-electron chi connectivity index (χ3n) is 12.9. The molecule has 0 aliphatic carbocycles. The normalized spacial score (nSPS) is 14.1. The van der Waals surface area contributed by atoms with E-state index in [1.165, 1.54) is 76.4 Å². The Morgan fingerprint density at radius 2 is 1.12 bits per heavy atom. The molecule has 0 radical (unpaired) electrons. The van der Waals surface area contributed by atoms with E-state index in [4.69, 9.17) is 9.84 Å². The van der Waals surface area contributed by atoms with E-state index in [9.17, 15) is 0 Å². The summed E-state index contributed by atoms with van der Waals surface area (Å²) in [7, 11) is 1.00. The average Bonchev–Trinajstić information content (AvgIpc) is 3.21. The monoisotopic (exact) mass is 942 g/mol. The Morgan fingerprint density at radius 1 is 0.656 bits per heavy atom. The van der Waals surface area contributed by atoms with E-state index < -0.39 is 0 Å². The molecule has 4 rings (SSSR count). The van der Waals surface area contributed by atoms with Crippen molar-refractivity contribution in [2.45, 2.75) is 204 Å². The fourth-order valence-corrected chi connectivity index (χ4v) is 8.62. The second-order valence-corrected chi connectivity index (χ2v) is 23.4. The van der Waals surface area contributed by atoms with Crippen LogP contribution in [0.1, 0.15) is 209 Å². The zero-order valence-corrected chi connectivity index (χ0v) is 46.7. The predicted molar refractivity (Wildman–Crippen MR) is 289 cm³/mol. The van der Waals surface area contributed by atoms with Crippen molar-refractivity contribution < 1.29 is 9.84 Å². The van der Waals surface area contributed by atoms with Crippen LogP contribution in [0.25, 0.3) is 10.9 Å². The van der Waals surface area contributed by atoms with Crippen LogP contribution in [-0.2, 0) is 34.7 Å². The molecule has 0 aliphatic heterocycles. The zero-order valence-electron chi connectivity index (χ0n) is 45.1. The number of allylic oxidation sites excluding steroid dienone is 1. The van der Waals surface area contributed by atoms with Crippen molar-refractivity contribution in [2.75, 3.05) is 12.9 Å². The molecule has 0 saturated heterocycles. The van der Waals surface area contributed by atoms with Crippen molar-refractivity contribution >= 4 is 26.8 Å². The molecule has 360 valence electrons. The summed E-state index contributed by atoms with van der Waals surface area (Å²) in [6, 6.07) is 22.9. The van der Waals surface area contributed by atoms with Crippen molar-refractivity contribution in [1.29, 1.82) is 0 Å². The first-order valence-corrected chi connectivity index (χ1v) is 26.0. The van der Waals surface area contributed by atoms with E-state index >= 15 is 0 Å². The van der Waals surface area contributed by atoms with E-state index in [0.29, 0.717) is 18.4 Å². The van der Waals surface area contributed by atoms with Crippen LogP contribution in [0.3, 0.4) is 0 Å². The first-order chi connectivity index (χ1) is 29.6. The summed E-state index contributed by atoms with van der Waals surface area (Å²) in [5.74, 6) is 5.30. The van der Waals surface area contributed by atoms with Crippen LogP contribution in [0.5, 0.6) is 5.75 Å². The lowest BCUT2D eigenvalue weighted by atomic mass is 9.74. The van der Waals surface area contributed by atoms with Gasteiger partial charge < -0.3 is 9.84 Å². The van der Waals surface area contributed by atoms with Crippen LogP contribution in [0.15, 0.2) is 79.5 Å². The van der Waals surface area contributed by atoms with E-state index in [2.05, 4.69) is 226 Å². The predicted octanol–water partition coefficient (Wildman–Crippen LogP) is 18.0. The van der Waals surface area contributed by atoms with Crippen LogP contribution >= 0.6 is 15.9 Å². The number of rotatable bonds is 14. The lowest BCUT2D eigenvalue weighted by Gasteiger charge is -2.31. The Bertz CT molecular complexity index is 1910. The molecule has 0 fully saturated rings. The molecule has 1 N–H and O–H groups in total. The Labute approximate surface area is 404 Å². The highest BCUT2D eigenvalue weighted by molar-refractivity contribution is 9.08. The van der Waals surface area contributed by atoms with Gasteiger partial charge in [0.2, 0.25) is 0 Å². The molecule has 4 heteroatoms. The smallest absolute Gasteiger partial charge is 0.120 e. The van der Waals surface area contributed by atoms with E-state index in [1.54, 1.807) is 0 Å². The second-order valence-electron chi connectivity index (χ2n) is 23.4. The molecule has 0 amide bonds. The number of aliphatic hydroxyl groups excluding tert-OH is 1. The van der Waals surface area contributed by atoms with Crippen LogP contribution < -0.4 is 4.74 Å². The molecule has 0 saturated carbocycles. The van der Waals surface area contributed by atoms with Gasteiger partial charge in [-0.1, -0.05) is 209 Å². The number of ether oxygens (including phenoxy) is 1. The lowest BCUT2D eigenvalue weighted by Crippen LogP contribution is -2.19. The summed E-state index contributed by atoms with van der Waals surface area (Å²) in [5, 5.41) is 8.20. The van der Waals surface area contributed by atoms with Gasteiger partial charge in [0, 0.05) is 18.7 Å². The van der Waals surface area contributed by atoms with Crippen molar-refractivity contribution in [2.24, 2.45) is 23.2 Å². The van der Waals surface area contributed by atoms with Crippen molar-refractivity contribution in [1.82, 2.24) is 4.98 Å². The molecule has 1 heterocycles. The van der Waals surface area contributed by atoms with Gasteiger partial charge in [0.25, 0.3) is 0 Å². The molecular weight excluding hydrogens is 847 g/mol. The summed E-state index contributed by atoms with van der Waals surface area (Å²) in [6.07, 6.45) is 11.5. The molecular formula is C60H96BrNO2. The number of nitrogens with zero attached hydrogens (tertiary/aromatic N) is 1. The minimum Gasteiger partial charge on any atom is -0.489 e. The topological polar surface area (TPSA) is 42.4 Å². The van der Waals surface area contributed by atoms with Gasteiger partial charge in [-0.3, -0.25) is 4.98 Å². The molecule has 4 unspecified atom stereocenters. The van der Waals surface area contributed by atoms with Crippen LogP contribution in [0, 0.1) is 23.2 Å². The molecule has 3 nitrogen and oxygen atoms in total. The van der Waals surface area contributed by atoms with E-state index in [0.717, 1.165) is 36.6 Å². The quantitative estimate of drug-likeness (QED) is 0.101. The lowest BCUT2D eigenvalue weighted by molar-refractivity contribution is 0.305. The molecule has 3 aromatic carbocycles. The van der Waals surface area contributed by atoms with Gasteiger partial charge in [-0.05, 0) is 139 Å². The number of aliphatic hydroxyl groups is 1. The Morgan fingerprint density at radius 3 is 1.52 bits per heavy atom. The van der Waals surface area contributed by atoms with Gasteiger partial charge in [0.05, 0.1) is 5.52 Å². The summed E-state index contributed by atoms with van der Waals surface area (Å²) in [4.78, 5) is 4.62. The standard InChI is InChI=1S/C31H43NO.C27H46.CH3Br.CH4O/c1-11-27(31(8,9)10)25-14-15-32-28-13-12-24(19-26(25)28)33-20-21-16-22(29(2,3)4)18-23(17-21)30(5,6)7;1-11-14-21(16-23(13-3)20(4)12-2)15-22-17-24(26(5,6)7)19-25(18-22)27(8,9)10;2*1-2/h12-19,27H,11,20H2,1-10H3;13,17-21,23H,3,11-12,14-16H2,1-2,4-10H3;1H3;2H,1H3. The molecule has 4 aromatic rings. The minimum absolute atomic E-state index is 0.0989. The van der Waals surface area contributed by atoms with Crippen LogP contribution in [-0.4, -0.2) is 23.0 Å². The average molecular weight is 943 g/mol. The zero-order chi connectivity index (χ0) is 49.4. The highest BCUT2D eigenvalue weighted by atomic mass is 79.9. The molecule has 0 bridgehead atoms. The molecule has 64 heavy (non-hydrogen) atoms. The summed E-state index contributed by atoms with van der Waals surface area (Å²) < 4.78 is 6.36. The number of halogens is 1. The van der Waals surface area contributed by atoms with Crippen LogP contribution in [0.4, 0.5) is 0 Å². The maximum atomic E-state index is 7.00. The SMILES string of the molecule is C=CC(CC(CCC)Cc1cc(C(C)(C)C)cc(C(C)(C)C)c1)C(C)CC.CBr.CCC(c1ccnc2ccc(OCc3cc(C(C)(C)C)cc(C(C)(C)C)c3)cc12)C(C)(C)C.CO. The van der Waals surface area contributed by atoms with Gasteiger partial charge in [-0.2, -0.15) is 0 Å². The highest BCUT2D eigenvalue weighted by Gasteiger charge is 2.27. The Balaban J connectivity index is 0.000000605. The Hall–Kier alpha value is -2.95. The van der Waals surface area contributed by atoms with Crippen LogP contribution in [0.2, 0.25) is 0 Å². The minimum atomic E-state index is 0.0989. The molecule has 0 aliphatic rings. The van der Waals surface area contributed by atoms with E-state index in [-0.39, 0.29) is 27.1 Å². The third-order valence-corrected chi connectivity index (χ3v) is 12.9. The molecule has 4 atom stereocenters. The maximum absolute atomic E-state index is 7.00. The number of hydrogen-bond donors (Lipinski definition) is 1. The Kier molecular flexibility index (Phi) is 23.8. The summed E-state index contributed by atoms with van der Waals surface area (Å²) in [5.41, 5.74) is 11.6. The van der Waals surface area contributed by atoms with Gasteiger partial charge in [-0.25, -0.2) is 0 Å². The summed E-state index contributed by atoms with van der Waals surface area (Å²) >= 11 is 2.94. The number of aromatic nitrogens is 1. The number of fused-ring (bicyclic) bond motifs is 1. The van der Waals surface area contributed by atoms with Crippen molar-refractivity contribution in [3.05, 3.63) is 118 Å². The molecule has 0 spiro atoms. The van der Waals surface area contributed by atoms with E-state index in [1.807, 2.05) is 12.0 Å². The largest absolute Gasteiger partial charge is 0.489 e. The summed E-state index contributed by atoms with van der Waals surface area (Å²) in [6.45, 7) is 48.6. The fourth-order valence-electron chi connectivity index (χ4n) is 8.62. The van der Waals surface area contributed by atoms with Gasteiger partial charge in [0.1, 0.15) is 12.4 Å². The third kappa shape index (κ3) is 18.4. The number of alkyl halides is 1. The van der Waals surface area contributed by atoms with Gasteiger partial charge >= 0.3 is 0 Å². The highest BCUT2D eigenvalue weighted by Crippen LogP contribution is 2.41. The first-order valence-electron chi connectivity index (χ1n) is 24.4. The van der Waals surface area contributed by atoms with Gasteiger partial charge in [0.15, 0.2) is 0 Å². The fraction of sp³-hybridized carbons (Fsp3) is 0.617. The number of benzene rings is 3. The van der Waals surface area contributed by atoms with Gasteiger partial charge in [-0.15, -0.1) is 6.58 Å². The van der Waals surface area contributed by atoms with Crippen molar-refractivity contribution in [3.8, 4) is 5.75 Å². The number of pyridine rings is 1. The number of hydrogen-bond acceptors (Lipinski definition) is 3. The molecule has 1 aromatic heterocycles. The first kappa shape index (κ1) is 59.1. The maximum Gasteiger partial charge on any atom is 0.120 e. The van der Waals surface area contributed by atoms with Crippen molar-refractivity contribution in [3.63, 3.8) is 0 Å². The second kappa shape index (κ2) is 25.8.